The maximum absolute atomic E-state index is 11.6. The van der Waals surface area contributed by atoms with E-state index >= 15 is 0 Å². The maximum Gasteiger partial charge on any atom is 1.00 e. The smallest absolute Gasteiger partial charge is 0.744 e. The van der Waals surface area contributed by atoms with Crippen LogP contribution in [0.1, 0.15) is 76.7 Å². The molecule has 0 radical (unpaired) electrons. The minimum atomic E-state index is -5.06. The van der Waals surface area contributed by atoms with Crippen molar-refractivity contribution in [1.82, 2.24) is 0 Å². The first-order chi connectivity index (χ1) is 15.6. The first kappa shape index (κ1) is 35.1. The first-order valence-corrected chi connectivity index (χ1v) is 14.3. The van der Waals surface area contributed by atoms with Gasteiger partial charge in [0.15, 0.2) is 5.75 Å². The number of rotatable bonds is 15. The third kappa shape index (κ3) is 12.9. The van der Waals surface area contributed by atoms with Crippen LogP contribution in [-0.4, -0.2) is 25.9 Å². The summed E-state index contributed by atoms with van der Waals surface area (Å²) in [4.78, 5) is -1.78. The Hall–Kier alpha value is 0.0600. The van der Waals surface area contributed by atoms with E-state index in [1.165, 1.54) is 57.4 Å². The fourth-order valence-electron chi connectivity index (χ4n) is 3.69. The quantitative estimate of drug-likeness (QED) is 0.173. The van der Waals surface area contributed by atoms with Gasteiger partial charge in [0.05, 0.1) is 9.79 Å². The molecule has 35 heavy (non-hydrogen) atoms. The Morgan fingerprint density at radius 1 is 0.686 bits per heavy atom. The number of aryl methyl sites for hydroxylation is 1. The van der Waals surface area contributed by atoms with Gasteiger partial charge in [-0.25, -0.2) is 16.8 Å². The molecular formula is C24H32Na2O7S2. The monoisotopic (exact) mass is 542 g/mol. The third-order valence-corrected chi connectivity index (χ3v) is 7.14. The van der Waals surface area contributed by atoms with E-state index in [-0.39, 0.29) is 64.9 Å². The fraction of sp³-hybridized carbons (Fsp3) is 0.500. The second kappa shape index (κ2) is 17.5. The summed E-state index contributed by atoms with van der Waals surface area (Å²) >= 11 is 0. The van der Waals surface area contributed by atoms with E-state index < -0.39 is 35.8 Å². The second-order valence-corrected chi connectivity index (χ2v) is 10.9. The molecule has 0 fully saturated rings. The molecule has 0 spiro atoms. The molecule has 0 saturated heterocycles. The molecule has 2 aromatic rings. The van der Waals surface area contributed by atoms with Gasteiger partial charge in [0, 0.05) is 0 Å². The van der Waals surface area contributed by atoms with Crippen molar-refractivity contribution in [3.05, 3.63) is 48.0 Å². The van der Waals surface area contributed by atoms with Crippen LogP contribution in [0.5, 0.6) is 11.5 Å². The van der Waals surface area contributed by atoms with Crippen molar-refractivity contribution in [3.8, 4) is 11.5 Å². The zero-order chi connectivity index (χ0) is 24.3. The fourth-order valence-corrected chi connectivity index (χ4v) is 5.00. The van der Waals surface area contributed by atoms with Gasteiger partial charge >= 0.3 is 59.1 Å². The molecule has 0 N–H and O–H groups in total. The van der Waals surface area contributed by atoms with Crippen molar-refractivity contribution in [2.75, 3.05) is 0 Å². The standard InChI is InChI=1S/C24H34O7S2.2Na/c1-2-3-4-5-6-7-8-9-10-11-14-20-15-12-16-21(19-20)31-24-22(32(25,26)27)17-13-18-23(24)33(28,29)30;;/h12-13,15-19H,2-11,14H2,1H3,(H,25,26,27)(H,28,29,30);;/q;2*+1/p-2. The normalized spacial score (nSPS) is 11.4. The van der Waals surface area contributed by atoms with Gasteiger partial charge in [0.25, 0.3) is 0 Å². The van der Waals surface area contributed by atoms with Crippen LogP contribution in [-0.2, 0) is 26.7 Å². The van der Waals surface area contributed by atoms with Gasteiger partial charge in [-0.2, -0.15) is 0 Å². The van der Waals surface area contributed by atoms with Crippen LogP contribution in [0.3, 0.4) is 0 Å². The van der Waals surface area contributed by atoms with Gasteiger partial charge in [-0.15, -0.1) is 0 Å². The van der Waals surface area contributed by atoms with E-state index in [0.29, 0.717) is 0 Å². The summed E-state index contributed by atoms with van der Waals surface area (Å²) in [7, 11) is -10.1. The van der Waals surface area contributed by atoms with E-state index in [0.717, 1.165) is 43.0 Å². The molecule has 0 heterocycles. The second-order valence-electron chi connectivity index (χ2n) is 8.17. The molecule has 0 bridgehead atoms. The van der Waals surface area contributed by atoms with Crippen LogP contribution < -0.4 is 63.9 Å². The Balaban J connectivity index is 0.00000578. The van der Waals surface area contributed by atoms with Crippen molar-refractivity contribution in [1.29, 1.82) is 0 Å². The molecule has 0 atom stereocenters. The Labute approximate surface area is 254 Å². The Kier molecular flexibility index (Phi) is 17.6. The summed E-state index contributed by atoms with van der Waals surface area (Å²) in [5, 5.41) is 0. The van der Waals surface area contributed by atoms with Gasteiger partial charge < -0.3 is 13.8 Å². The number of hydrogen-bond acceptors (Lipinski definition) is 7. The largest absolute Gasteiger partial charge is 1.00 e. The van der Waals surface area contributed by atoms with Gasteiger partial charge in [0.2, 0.25) is 0 Å². The molecule has 2 rings (SSSR count). The van der Waals surface area contributed by atoms with Crippen LogP contribution in [0.2, 0.25) is 0 Å². The first-order valence-electron chi connectivity index (χ1n) is 11.4. The average molecular weight is 543 g/mol. The Bertz CT molecular complexity index is 1050. The Morgan fingerprint density at radius 2 is 1.14 bits per heavy atom. The number of para-hydroxylation sites is 1. The van der Waals surface area contributed by atoms with Gasteiger partial charge in [-0.1, -0.05) is 82.9 Å². The summed E-state index contributed by atoms with van der Waals surface area (Å²) in [5.41, 5.74) is 0.932. The molecule has 0 aliphatic heterocycles. The summed E-state index contributed by atoms with van der Waals surface area (Å²) in [6, 6.07) is 9.60. The van der Waals surface area contributed by atoms with Crippen molar-refractivity contribution in [3.63, 3.8) is 0 Å². The zero-order valence-electron chi connectivity index (χ0n) is 21.0. The molecule has 0 aliphatic rings. The molecule has 0 amide bonds. The van der Waals surface area contributed by atoms with Crippen molar-refractivity contribution in [2.45, 2.75) is 87.3 Å². The van der Waals surface area contributed by atoms with E-state index in [1.807, 2.05) is 6.07 Å². The SMILES string of the molecule is CCCCCCCCCCCCc1cccc(Oc2c(S(=O)(=O)[O-])cccc2S(=O)(=O)[O-])c1.[Na+].[Na+]. The van der Waals surface area contributed by atoms with E-state index in [2.05, 4.69) is 6.92 Å². The van der Waals surface area contributed by atoms with E-state index in [4.69, 9.17) is 4.74 Å². The predicted molar refractivity (Wildman–Crippen MR) is 124 cm³/mol. The molecule has 0 aromatic heterocycles. The molecule has 0 aliphatic carbocycles. The van der Waals surface area contributed by atoms with Gasteiger partial charge in [-0.3, -0.25) is 0 Å². The number of ether oxygens (including phenoxy) is 1. The third-order valence-electron chi connectivity index (χ3n) is 5.42. The molecule has 2 aromatic carbocycles. The molecule has 0 unspecified atom stereocenters. The van der Waals surface area contributed by atoms with Crippen LogP contribution in [0.4, 0.5) is 0 Å². The van der Waals surface area contributed by atoms with Crippen LogP contribution in [0.25, 0.3) is 0 Å². The summed E-state index contributed by atoms with van der Waals surface area (Å²) in [6.07, 6.45) is 13.0. The minimum absolute atomic E-state index is 0. The molecule has 184 valence electrons. The average Bonchev–Trinajstić information content (AvgIpc) is 2.74. The van der Waals surface area contributed by atoms with E-state index in [9.17, 15) is 25.9 Å². The maximum atomic E-state index is 11.6. The Morgan fingerprint density at radius 3 is 1.63 bits per heavy atom. The predicted octanol–water partition coefficient (Wildman–Crippen LogP) is -0.241. The van der Waals surface area contributed by atoms with Gasteiger partial charge in [-0.05, 0) is 42.7 Å². The molecule has 7 nitrogen and oxygen atoms in total. The van der Waals surface area contributed by atoms with E-state index in [1.54, 1.807) is 12.1 Å². The van der Waals surface area contributed by atoms with Crippen LogP contribution >= 0.6 is 0 Å². The van der Waals surface area contributed by atoms with Crippen LogP contribution in [0.15, 0.2) is 52.3 Å². The topological polar surface area (TPSA) is 124 Å². The summed E-state index contributed by atoms with van der Waals surface area (Å²) in [5.74, 6) is -0.612. The summed E-state index contributed by atoms with van der Waals surface area (Å²) < 4.78 is 74.9. The van der Waals surface area contributed by atoms with Crippen molar-refractivity contribution < 1.29 is 89.8 Å². The molecular weight excluding hydrogens is 510 g/mol. The van der Waals surface area contributed by atoms with Gasteiger partial charge in [0.1, 0.15) is 26.0 Å². The number of unbranched alkanes of at least 4 members (excludes halogenated alkanes) is 9. The number of hydrogen-bond donors (Lipinski definition) is 0. The van der Waals surface area contributed by atoms with Crippen LogP contribution in [0, 0.1) is 0 Å². The summed E-state index contributed by atoms with van der Waals surface area (Å²) in [6.45, 7) is 2.21. The minimum Gasteiger partial charge on any atom is -0.744 e. The molecule has 11 heteroatoms. The zero-order valence-corrected chi connectivity index (χ0v) is 26.6. The van der Waals surface area contributed by atoms with Crippen molar-refractivity contribution in [2.24, 2.45) is 0 Å². The number of benzene rings is 2. The molecule has 0 saturated carbocycles. The van der Waals surface area contributed by atoms with Crippen molar-refractivity contribution >= 4 is 20.2 Å².